The van der Waals surface area contributed by atoms with Crippen molar-refractivity contribution in [3.05, 3.63) is 58.9 Å². The van der Waals surface area contributed by atoms with E-state index < -0.39 is 23.4 Å². The van der Waals surface area contributed by atoms with Gasteiger partial charge in [-0.1, -0.05) is 6.07 Å². The largest absolute Gasteiger partial charge is 0.494 e. The third kappa shape index (κ3) is 2.69. The zero-order valence-electron chi connectivity index (χ0n) is 12.2. The molecule has 7 heteroatoms. The number of rotatable bonds is 3. The summed E-state index contributed by atoms with van der Waals surface area (Å²) in [5.41, 5.74) is 0.663. The zero-order chi connectivity index (χ0) is 16.6. The maximum absolute atomic E-state index is 13.9. The fourth-order valence-electron chi connectivity index (χ4n) is 2.52. The third-order valence-electron chi connectivity index (χ3n) is 3.66. The van der Waals surface area contributed by atoms with E-state index in [9.17, 15) is 18.0 Å². The molecule has 1 aliphatic rings. The molecule has 1 aliphatic heterocycles. The summed E-state index contributed by atoms with van der Waals surface area (Å²) < 4.78 is 45.6. The molecular weight excluding hydrogens is 309 g/mol. The van der Waals surface area contributed by atoms with Crippen molar-refractivity contribution in [1.29, 1.82) is 0 Å². The van der Waals surface area contributed by atoms with Crippen LogP contribution in [0, 0.1) is 17.5 Å². The van der Waals surface area contributed by atoms with E-state index in [2.05, 4.69) is 5.32 Å². The molecule has 120 valence electrons. The normalized spacial score (nSPS) is 13.6. The van der Waals surface area contributed by atoms with Crippen molar-refractivity contribution in [1.82, 2.24) is 5.32 Å². The molecule has 4 nitrogen and oxygen atoms in total. The van der Waals surface area contributed by atoms with Gasteiger partial charge in [-0.05, 0) is 29.8 Å². The molecule has 0 saturated heterocycles. The molecule has 0 aliphatic carbocycles. The lowest BCUT2D eigenvalue weighted by atomic mass is 10.1. The summed E-state index contributed by atoms with van der Waals surface area (Å²) in [4.78, 5) is 13.4. The predicted molar refractivity (Wildman–Crippen MR) is 77.8 cm³/mol. The lowest BCUT2D eigenvalue weighted by Crippen LogP contribution is -2.43. The highest BCUT2D eigenvalue weighted by Gasteiger charge is 2.28. The number of amides is 1. The fourth-order valence-corrected chi connectivity index (χ4v) is 2.52. The Kier molecular flexibility index (Phi) is 3.85. The summed E-state index contributed by atoms with van der Waals surface area (Å²) in [6, 6.07) is 6.68. The molecule has 23 heavy (non-hydrogen) atoms. The first-order valence-electron chi connectivity index (χ1n) is 6.85. The second kappa shape index (κ2) is 5.83. The highest BCUT2D eigenvalue weighted by molar-refractivity contribution is 6.01. The Bertz CT molecular complexity index is 780. The highest BCUT2D eigenvalue weighted by Crippen LogP contribution is 2.29. The van der Waals surface area contributed by atoms with E-state index in [0.29, 0.717) is 5.56 Å². The Morgan fingerprint density at radius 1 is 1.17 bits per heavy atom. The number of hydrogen-bond donors (Lipinski definition) is 1. The van der Waals surface area contributed by atoms with Gasteiger partial charge in [-0.25, -0.2) is 13.2 Å². The first kappa shape index (κ1) is 15.2. The van der Waals surface area contributed by atoms with Gasteiger partial charge in [-0.2, -0.15) is 0 Å². The number of carbonyl (C=O) groups excluding carboxylic acids is 1. The second-order valence-electron chi connectivity index (χ2n) is 5.09. The maximum Gasteiger partial charge on any atom is 0.257 e. The molecule has 0 fully saturated rings. The minimum atomic E-state index is -1.18. The van der Waals surface area contributed by atoms with Gasteiger partial charge < -0.3 is 15.0 Å². The van der Waals surface area contributed by atoms with Gasteiger partial charge in [-0.15, -0.1) is 0 Å². The van der Waals surface area contributed by atoms with E-state index in [4.69, 9.17) is 4.74 Å². The highest BCUT2D eigenvalue weighted by atomic mass is 19.2. The Balaban J connectivity index is 1.96. The smallest absolute Gasteiger partial charge is 0.257 e. The van der Waals surface area contributed by atoms with Gasteiger partial charge in [0.2, 0.25) is 0 Å². The van der Waals surface area contributed by atoms with E-state index in [0.717, 1.165) is 6.07 Å². The number of benzene rings is 2. The van der Waals surface area contributed by atoms with Gasteiger partial charge in [0.25, 0.3) is 5.91 Å². The average molecular weight is 322 g/mol. The number of halogens is 3. The Hall–Kier alpha value is -2.70. The molecule has 0 aromatic heterocycles. The first-order chi connectivity index (χ1) is 11.0. The standard InChI is InChI=1S/C16H13F3N2O2/c1-23-13-6-9(2-3-10(13)17)7-21-8-20-16(22)14-12(21)5-4-11(18)15(14)19/h2-6H,7-8H2,1H3,(H,20,22). The monoisotopic (exact) mass is 322 g/mol. The molecule has 0 saturated carbocycles. The van der Waals surface area contributed by atoms with Gasteiger partial charge in [0.05, 0.1) is 19.5 Å². The van der Waals surface area contributed by atoms with Crippen LogP contribution in [0.5, 0.6) is 5.75 Å². The molecule has 3 rings (SSSR count). The van der Waals surface area contributed by atoms with E-state index in [-0.39, 0.29) is 30.2 Å². The summed E-state index contributed by atoms with van der Waals surface area (Å²) in [7, 11) is 1.36. The Labute approximate surface area is 130 Å². The quantitative estimate of drug-likeness (QED) is 0.945. The summed E-state index contributed by atoms with van der Waals surface area (Å²) in [5.74, 6) is -3.32. The van der Waals surface area contributed by atoms with E-state index in [1.54, 1.807) is 11.0 Å². The van der Waals surface area contributed by atoms with Crippen molar-refractivity contribution in [3.63, 3.8) is 0 Å². The molecule has 2 aromatic rings. The minimum Gasteiger partial charge on any atom is -0.494 e. The van der Waals surface area contributed by atoms with Crippen molar-refractivity contribution < 1.29 is 22.7 Å². The van der Waals surface area contributed by atoms with Crippen molar-refractivity contribution >= 4 is 11.6 Å². The predicted octanol–water partition coefficient (Wildman–Crippen LogP) is 2.82. The van der Waals surface area contributed by atoms with Crippen LogP contribution in [0.15, 0.2) is 30.3 Å². The van der Waals surface area contributed by atoms with E-state index >= 15 is 0 Å². The van der Waals surface area contributed by atoms with Gasteiger partial charge >= 0.3 is 0 Å². The molecule has 0 atom stereocenters. The first-order valence-corrected chi connectivity index (χ1v) is 6.85. The molecule has 0 radical (unpaired) electrons. The van der Waals surface area contributed by atoms with Gasteiger partial charge in [-0.3, -0.25) is 4.79 Å². The molecule has 0 spiro atoms. The molecule has 1 N–H and O–H groups in total. The molecule has 1 amide bonds. The van der Waals surface area contributed by atoms with Gasteiger partial charge in [0.15, 0.2) is 23.2 Å². The van der Waals surface area contributed by atoms with Crippen molar-refractivity contribution in [2.45, 2.75) is 6.54 Å². The summed E-state index contributed by atoms with van der Waals surface area (Å²) in [6.45, 7) is 0.408. The number of ether oxygens (including phenoxy) is 1. The van der Waals surface area contributed by atoms with Crippen LogP contribution in [0.4, 0.5) is 18.9 Å². The maximum atomic E-state index is 13.9. The summed E-state index contributed by atoms with van der Waals surface area (Å²) >= 11 is 0. The Morgan fingerprint density at radius 3 is 2.65 bits per heavy atom. The molecule has 2 aromatic carbocycles. The topological polar surface area (TPSA) is 41.6 Å². The molecular formula is C16H13F3N2O2. The summed E-state index contributed by atoms with van der Waals surface area (Å²) in [6.07, 6.45) is 0. The molecule has 0 bridgehead atoms. The van der Waals surface area contributed by atoms with Crippen LogP contribution in [0.25, 0.3) is 0 Å². The van der Waals surface area contributed by atoms with Crippen LogP contribution in [0.2, 0.25) is 0 Å². The number of hydrogen-bond acceptors (Lipinski definition) is 3. The van der Waals surface area contributed by atoms with Crippen LogP contribution in [0.1, 0.15) is 15.9 Å². The van der Waals surface area contributed by atoms with Crippen molar-refractivity contribution in [3.8, 4) is 5.75 Å². The average Bonchev–Trinajstić information content (AvgIpc) is 2.54. The lowest BCUT2D eigenvalue weighted by Gasteiger charge is -2.31. The molecule has 1 heterocycles. The number of anilines is 1. The van der Waals surface area contributed by atoms with Gasteiger partial charge in [0, 0.05) is 6.54 Å². The van der Waals surface area contributed by atoms with E-state index in [1.165, 1.54) is 25.3 Å². The van der Waals surface area contributed by atoms with Crippen LogP contribution in [0.3, 0.4) is 0 Å². The Morgan fingerprint density at radius 2 is 1.91 bits per heavy atom. The van der Waals surface area contributed by atoms with Crippen molar-refractivity contribution in [2.75, 3.05) is 18.7 Å². The number of methoxy groups -OCH3 is 1. The van der Waals surface area contributed by atoms with Crippen molar-refractivity contribution in [2.24, 2.45) is 0 Å². The number of carbonyl (C=O) groups is 1. The summed E-state index contributed by atoms with van der Waals surface area (Å²) in [5, 5.41) is 2.49. The third-order valence-corrected chi connectivity index (χ3v) is 3.66. The van der Waals surface area contributed by atoms with Gasteiger partial charge in [0.1, 0.15) is 5.56 Å². The zero-order valence-corrected chi connectivity index (χ0v) is 12.2. The van der Waals surface area contributed by atoms with E-state index in [1.807, 2.05) is 0 Å². The number of fused-ring (bicyclic) bond motifs is 1. The lowest BCUT2D eigenvalue weighted by molar-refractivity contribution is 0.0942. The number of nitrogens with one attached hydrogen (secondary N) is 1. The molecule has 0 unspecified atom stereocenters. The number of nitrogens with zero attached hydrogens (tertiary/aromatic N) is 1. The fraction of sp³-hybridized carbons (Fsp3) is 0.188. The second-order valence-corrected chi connectivity index (χ2v) is 5.09. The van der Waals surface area contributed by atoms with Crippen LogP contribution in [-0.4, -0.2) is 19.7 Å². The van der Waals surface area contributed by atoms with Crippen LogP contribution < -0.4 is 15.0 Å². The SMILES string of the molecule is COc1cc(CN2CNC(=O)c3c2ccc(F)c3F)ccc1F. The van der Waals surface area contributed by atoms with Crippen LogP contribution in [-0.2, 0) is 6.54 Å². The minimum absolute atomic E-state index is 0.0917. The van der Waals surface area contributed by atoms with Crippen LogP contribution >= 0.6 is 0 Å².